The molecule has 3 heteroatoms. The van der Waals surface area contributed by atoms with Gasteiger partial charge in [0, 0.05) is 11.1 Å². The quantitative estimate of drug-likeness (QED) is 0.679. The Morgan fingerprint density at radius 2 is 1.57 bits per heavy atom. The van der Waals surface area contributed by atoms with Gasteiger partial charge in [-0.3, -0.25) is 4.79 Å². The highest BCUT2D eigenvalue weighted by atomic mass is 16.4. The van der Waals surface area contributed by atoms with Crippen molar-refractivity contribution in [2.24, 2.45) is 0 Å². The second-order valence-corrected chi connectivity index (χ2v) is 5.65. The standard InChI is InChI=1S/C20H14O3/c21-18(14-7-2-1-3-8-14)17-12-15-11-10-13-6-4-5-9-16(13)19(15)23-20(17)22/h1-9,12H,10-11H2. The first kappa shape index (κ1) is 13.7. The summed E-state index contributed by atoms with van der Waals surface area (Å²) in [4.78, 5) is 24.9. The lowest BCUT2D eigenvalue weighted by Gasteiger charge is -2.18. The summed E-state index contributed by atoms with van der Waals surface area (Å²) in [5.41, 5.74) is 3.07. The largest absolute Gasteiger partial charge is 0.422 e. The monoisotopic (exact) mass is 302 g/mol. The van der Waals surface area contributed by atoms with Crippen LogP contribution in [0.5, 0.6) is 0 Å². The Hall–Kier alpha value is -2.94. The SMILES string of the molecule is O=C(c1ccccc1)c1cc2c(oc1=O)-c1ccccc1CC2. The molecule has 0 unspecified atom stereocenters. The molecule has 4 rings (SSSR count). The minimum atomic E-state index is -0.575. The highest BCUT2D eigenvalue weighted by Crippen LogP contribution is 2.32. The van der Waals surface area contributed by atoms with Crippen molar-refractivity contribution in [2.45, 2.75) is 12.8 Å². The van der Waals surface area contributed by atoms with E-state index in [1.807, 2.05) is 30.3 Å². The molecule has 3 aromatic rings. The van der Waals surface area contributed by atoms with Crippen LogP contribution in [0.3, 0.4) is 0 Å². The smallest absolute Gasteiger partial charge is 0.347 e. The van der Waals surface area contributed by atoms with Gasteiger partial charge in [0.1, 0.15) is 11.3 Å². The number of aryl methyl sites for hydroxylation is 2. The Balaban J connectivity index is 1.85. The first-order valence-electron chi connectivity index (χ1n) is 7.59. The molecule has 0 fully saturated rings. The lowest BCUT2D eigenvalue weighted by Crippen LogP contribution is -2.18. The molecule has 3 nitrogen and oxygen atoms in total. The molecule has 112 valence electrons. The number of ketones is 1. The van der Waals surface area contributed by atoms with Crippen molar-refractivity contribution in [2.75, 3.05) is 0 Å². The average Bonchev–Trinajstić information content (AvgIpc) is 2.61. The summed E-state index contributed by atoms with van der Waals surface area (Å²) in [7, 11) is 0. The van der Waals surface area contributed by atoms with Crippen LogP contribution in [-0.4, -0.2) is 5.78 Å². The normalized spacial score (nSPS) is 12.3. The van der Waals surface area contributed by atoms with E-state index in [9.17, 15) is 9.59 Å². The van der Waals surface area contributed by atoms with Gasteiger partial charge < -0.3 is 4.42 Å². The van der Waals surface area contributed by atoms with E-state index in [0.29, 0.717) is 11.3 Å². The molecule has 0 spiro atoms. The molecule has 0 saturated carbocycles. The molecule has 0 bridgehead atoms. The number of fused-ring (bicyclic) bond motifs is 3. The molecule has 0 saturated heterocycles. The van der Waals surface area contributed by atoms with E-state index < -0.39 is 5.63 Å². The lowest BCUT2D eigenvalue weighted by atomic mass is 9.89. The van der Waals surface area contributed by atoms with E-state index in [2.05, 4.69) is 0 Å². The van der Waals surface area contributed by atoms with Crippen LogP contribution in [0.15, 0.2) is 69.9 Å². The maximum Gasteiger partial charge on any atom is 0.347 e. The van der Waals surface area contributed by atoms with Gasteiger partial charge in [-0.15, -0.1) is 0 Å². The summed E-state index contributed by atoms with van der Waals surface area (Å²) >= 11 is 0. The van der Waals surface area contributed by atoms with Crippen LogP contribution in [0.4, 0.5) is 0 Å². The molecule has 1 aromatic heterocycles. The van der Waals surface area contributed by atoms with Crippen molar-refractivity contribution < 1.29 is 9.21 Å². The Morgan fingerprint density at radius 3 is 2.39 bits per heavy atom. The van der Waals surface area contributed by atoms with Gasteiger partial charge in [-0.25, -0.2) is 4.79 Å². The maximum absolute atomic E-state index is 12.5. The summed E-state index contributed by atoms with van der Waals surface area (Å²) in [6.07, 6.45) is 1.65. The molecule has 0 radical (unpaired) electrons. The molecular weight excluding hydrogens is 288 g/mol. The minimum absolute atomic E-state index is 0.106. The Bertz CT molecular complexity index is 952. The number of benzene rings is 2. The number of carbonyl (C=O) groups is 1. The number of hydrogen-bond acceptors (Lipinski definition) is 3. The van der Waals surface area contributed by atoms with E-state index in [1.54, 1.807) is 30.3 Å². The van der Waals surface area contributed by atoms with E-state index in [-0.39, 0.29) is 11.3 Å². The second kappa shape index (κ2) is 5.36. The fourth-order valence-electron chi connectivity index (χ4n) is 3.06. The zero-order valence-corrected chi connectivity index (χ0v) is 12.4. The van der Waals surface area contributed by atoms with Crippen LogP contribution in [0, 0.1) is 0 Å². The van der Waals surface area contributed by atoms with E-state index >= 15 is 0 Å². The number of rotatable bonds is 2. The van der Waals surface area contributed by atoms with E-state index in [1.165, 1.54) is 5.56 Å². The molecule has 0 N–H and O–H groups in total. The van der Waals surface area contributed by atoms with Gasteiger partial charge in [0.2, 0.25) is 0 Å². The van der Waals surface area contributed by atoms with Gasteiger partial charge in [-0.2, -0.15) is 0 Å². The van der Waals surface area contributed by atoms with Gasteiger partial charge in [0.15, 0.2) is 5.78 Å². The highest BCUT2D eigenvalue weighted by Gasteiger charge is 2.23. The van der Waals surface area contributed by atoms with Crippen LogP contribution < -0.4 is 5.63 Å². The van der Waals surface area contributed by atoms with Crippen LogP contribution >= 0.6 is 0 Å². The van der Waals surface area contributed by atoms with Crippen molar-refractivity contribution in [3.63, 3.8) is 0 Å². The van der Waals surface area contributed by atoms with Crippen molar-refractivity contribution in [3.8, 4) is 11.3 Å². The van der Waals surface area contributed by atoms with Crippen LogP contribution in [0.25, 0.3) is 11.3 Å². The molecule has 23 heavy (non-hydrogen) atoms. The molecule has 1 aliphatic rings. The van der Waals surface area contributed by atoms with Gasteiger partial charge in [-0.05, 0) is 30.0 Å². The summed E-state index contributed by atoms with van der Waals surface area (Å²) in [5.74, 6) is 0.308. The van der Waals surface area contributed by atoms with Crippen molar-refractivity contribution in [3.05, 3.63) is 93.3 Å². The lowest BCUT2D eigenvalue weighted by molar-refractivity contribution is 0.103. The average molecular weight is 302 g/mol. The second-order valence-electron chi connectivity index (χ2n) is 5.65. The predicted molar refractivity (Wildman–Crippen MR) is 87.7 cm³/mol. The van der Waals surface area contributed by atoms with Gasteiger partial charge >= 0.3 is 5.63 Å². The zero-order chi connectivity index (χ0) is 15.8. The van der Waals surface area contributed by atoms with Crippen LogP contribution in [-0.2, 0) is 12.8 Å². The molecule has 1 heterocycles. The predicted octanol–water partition coefficient (Wildman–Crippen LogP) is 3.64. The molecule has 0 atom stereocenters. The number of carbonyl (C=O) groups excluding carboxylic acids is 1. The Kier molecular flexibility index (Phi) is 3.19. The molecule has 2 aromatic carbocycles. The topological polar surface area (TPSA) is 47.3 Å². The fourth-order valence-corrected chi connectivity index (χ4v) is 3.06. The van der Waals surface area contributed by atoms with Gasteiger partial charge in [0.05, 0.1) is 0 Å². The van der Waals surface area contributed by atoms with Gasteiger partial charge in [-0.1, -0.05) is 54.6 Å². The van der Waals surface area contributed by atoms with Crippen LogP contribution in [0.1, 0.15) is 27.0 Å². The third kappa shape index (κ3) is 2.30. The maximum atomic E-state index is 12.5. The van der Waals surface area contributed by atoms with Crippen molar-refractivity contribution in [1.29, 1.82) is 0 Å². The zero-order valence-electron chi connectivity index (χ0n) is 12.4. The Labute approximate surface area is 133 Å². The molecule has 0 aliphatic heterocycles. The summed E-state index contributed by atoms with van der Waals surface area (Å²) in [5, 5.41) is 0. The molecule has 1 aliphatic carbocycles. The fraction of sp³-hybridized carbons (Fsp3) is 0.100. The summed E-state index contributed by atoms with van der Waals surface area (Å²) in [6.45, 7) is 0. The summed E-state index contributed by atoms with van der Waals surface area (Å²) < 4.78 is 5.52. The summed E-state index contributed by atoms with van der Waals surface area (Å²) in [6, 6.07) is 18.4. The first-order chi connectivity index (χ1) is 11.2. The number of hydrogen-bond donors (Lipinski definition) is 0. The van der Waals surface area contributed by atoms with Gasteiger partial charge in [0.25, 0.3) is 0 Å². The first-order valence-corrected chi connectivity index (χ1v) is 7.59. The van der Waals surface area contributed by atoms with Crippen molar-refractivity contribution >= 4 is 5.78 Å². The van der Waals surface area contributed by atoms with E-state index in [0.717, 1.165) is 24.0 Å². The third-order valence-electron chi connectivity index (χ3n) is 4.23. The minimum Gasteiger partial charge on any atom is -0.422 e. The highest BCUT2D eigenvalue weighted by molar-refractivity contribution is 6.08. The molecule has 0 amide bonds. The Morgan fingerprint density at radius 1 is 0.870 bits per heavy atom. The van der Waals surface area contributed by atoms with E-state index in [4.69, 9.17) is 4.42 Å². The third-order valence-corrected chi connectivity index (χ3v) is 4.23. The van der Waals surface area contributed by atoms with Crippen LogP contribution in [0.2, 0.25) is 0 Å². The van der Waals surface area contributed by atoms with Crippen molar-refractivity contribution in [1.82, 2.24) is 0 Å². The molecular formula is C20H14O3.